The van der Waals surface area contributed by atoms with Crippen molar-refractivity contribution in [2.75, 3.05) is 5.32 Å². The SMILES string of the molecule is Cc1cccc(C(N)c2cc(Cl)cc3c2NC(=O)CC3)c1. The molecule has 3 rings (SSSR count). The van der Waals surface area contributed by atoms with Crippen LogP contribution in [0, 0.1) is 6.92 Å². The van der Waals surface area contributed by atoms with Crippen molar-refractivity contribution in [1.29, 1.82) is 0 Å². The number of hydrogen-bond donors (Lipinski definition) is 2. The van der Waals surface area contributed by atoms with Crippen LogP contribution in [0.4, 0.5) is 5.69 Å². The summed E-state index contributed by atoms with van der Waals surface area (Å²) in [6.07, 6.45) is 1.20. The Kier molecular flexibility index (Phi) is 3.70. The summed E-state index contributed by atoms with van der Waals surface area (Å²) in [6, 6.07) is 11.5. The number of carbonyl (C=O) groups excluding carboxylic acids is 1. The maximum atomic E-state index is 11.7. The Morgan fingerprint density at radius 1 is 1.24 bits per heavy atom. The first-order chi connectivity index (χ1) is 10.0. The molecule has 0 spiro atoms. The fraction of sp³-hybridized carbons (Fsp3) is 0.235. The van der Waals surface area contributed by atoms with E-state index in [1.54, 1.807) is 0 Å². The van der Waals surface area contributed by atoms with Crippen molar-refractivity contribution in [3.05, 3.63) is 63.7 Å². The van der Waals surface area contributed by atoms with Crippen LogP contribution in [0.5, 0.6) is 0 Å². The van der Waals surface area contributed by atoms with E-state index in [0.29, 0.717) is 17.9 Å². The Hall–Kier alpha value is -1.84. The summed E-state index contributed by atoms with van der Waals surface area (Å²) in [5.74, 6) is 0.0301. The number of hydrogen-bond acceptors (Lipinski definition) is 2. The van der Waals surface area contributed by atoms with E-state index in [1.165, 1.54) is 0 Å². The average Bonchev–Trinajstić information content (AvgIpc) is 2.46. The summed E-state index contributed by atoms with van der Waals surface area (Å²) >= 11 is 6.21. The van der Waals surface area contributed by atoms with E-state index < -0.39 is 0 Å². The molecule has 0 bridgehead atoms. The maximum Gasteiger partial charge on any atom is 0.224 e. The molecule has 1 unspecified atom stereocenters. The van der Waals surface area contributed by atoms with Gasteiger partial charge in [0.05, 0.1) is 6.04 Å². The summed E-state index contributed by atoms with van der Waals surface area (Å²) in [6.45, 7) is 2.03. The number of amides is 1. The lowest BCUT2D eigenvalue weighted by atomic mass is 9.92. The predicted octanol–water partition coefficient (Wildman–Crippen LogP) is 3.58. The molecule has 0 radical (unpaired) electrons. The monoisotopic (exact) mass is 300 g/mol. The van der Waals surface area contributed by atoms with Gasteiger partial charge in [-0.05, 0) is 42.2 Å². The van der Waals surface area contributed by atoms with Crippen LogP contribution in [0.1, 0.15) is 34.7 Å². The Balaban J connectivity index is 2.09. The first kappa shape index (κ1) is 14.1. The summed E-state index contributed by atoms with van der Waals surface area (Å²) in [5.41, 5.74) is 11.3. The minimum absolute atomic E-state index is 0.0301. The first-order valence-corrected chi connectivity index (χ1v) is 7.36. The molecule has 1 aliphatic heterocycles. The average molecular weight is 301 g/mol. The lowest BCUT2D eigenvalue weighted by Crippen LogP contribution is -2.23. The smallest absolute Gasteiger partial charge is 0.224 e. The molecule has 2 aromatic carbocycles. The zero-order chi connectivity index (χ0) is 15.0. The van der Waals surface area contributed by atoms with Crippen LogP contribution in [-0.4, -0.2) is 5.91 Å². The van der Waals surface area contributed by atoms with Crippen molar-refractivity contribution >= 4 is 23.2 Å². The predicted molar refractivity (Wildman–Crippen MR) is 85.6 cm³/mol. The highest BCUT2D eigenvalue weighted by molar-refractivity contribution is 6.31. The van der Waals surface area contributed by atoms with Crippen LogP contribution in [-0.2, 0) is 11.2 Å². The second-order valence-electron chi connectivity index (χ2n) is 5.47. The lowest BCUT2D eigenvalue weighted by Gasteiger charge is -2.24. The Labute approximate surface area is 129 Å². The number of carbonyl (C=O) groups is 1. The highest BCUT2D eigenvalue weighted by Crippen LogP contribution is 2.35. The molecule has 0 saturated carbocycles. The van der Waals surface area contributed by atoms with E-state index in [4.69, 9.17) is 17.3 Å². The van der Waals surface area contributed by atoms with Gasteiger partial charge in [-0.15, -0.1) is 0 Å². The van der Waals surface area contributed by atoms with E-state index in [9.17, 15) is 4.79 Å². The van der Waals surface area contributed by atoms with Gasteiger partial charge in [0.1, 0.15) is 0 Å². The van der Waals surface area contributed by atoms with Crippen molar-refractivity contribution in [3.8, 4) is 0 Å². The fourth-order valence-electron chi connectivity index (χ4n) is 2.77. The van der Waals surface area contributed by atoms with Gasteiger partial charge in [0.2, 0.25) is 5.91 Å². The molecule has 0 aromatic heterocycles. The summed E-state index contributed by atoms with van der Waals surface area (Å²) in [4.78, 5) is 11.7. The van der Waals surface area contributed by atoms with Gasteiger partial charge in [0.15, 0.2) is 0 Å². The van der Waals surface area contributed by atoms with Crippen LogP contribution in [0.2, 0.25) is 5.02 Å². The van der Waals surface area contributed by atoms with Crippen molar-refractivity contribution in [2.45, 2.75) is 25.8 Å². The van der Waals surface area contributed by atoms with Crippen LogP contribution in [0.15, 0.2) is 36.4 Å². The van der Waals surface area contributed by atoms with Gasteiger partial charge in [-0.2, -0.15) is 0 Å². The second kappa shape index (κ2) is 5.51. The molecular weight excluding hydrogens is 284 g/mol. The molecule has 1 atom stereocenters. The summed E-state index contributed by atoms with van der Waals surface area (Å²) in [7, 11) is 0. The highest BCUT2D eigenvalue weighted by atomic mass is 35.5. The Morgan fingerprint density at radius 3 is 2.81 bits per heavy atom. The van der Waals surface area contributed by atoms with Crippen LogP contribution in [0.25, 0.3) is 0 Å². The third-order valence-electron chi connectivity index (χ3n) is 3.84. The topological polar surface area (TPSA) is 55.1 Å². The van der Waals surface area contributed by atoms with Crippen molar-refractivity contribution < 1.29 is 4.79 Å². The Bertz CT molecular complexity index is 712. The van der Waals surface area contributed by atoms with Crippen molar-refractivity contribution in [2.24, 2.45) is 5.73 Å². The molecule has 1 amide bonds. The minimum atomic E-state index is -0.309. The van der Waals surface area contributed by atoms with Crippen LogP contribution < -0.4 is 11.1 Å². The standard InChI is InChI=1S/C17H17ClN2O/c1-10-3-2-4-11(7-10)16(19)14-9-13(18)8-12-5-6-15(21)20-17(12)14/h2-4,7-9,16H,5-6,19H2,1H3,(H,20,21). The van der Waals surface area contributed by atoms with E-state index >= 15 is 0 Å². The normalized spacial score (nSPS) is 15.3. The van der Waals surface area contributed by atoms with Crippen LogP contribution >= 0.6 is 11.6 Å². The number of rotatable bonds is 2. The number of aryl methyl sites for hydroxylation is 2. The van der Waals surface area contributed by atoms with Gasteiger partial charge >= 0.3 is 0 Å². The molecule has 21 heavy (non-hydrogen) atoms. The maximum absolute atomic E-state index is 11.7. The molecule has 0 saturated heterocycles. The van der Waals surface area contributed by atoms with E-state index in [0.717, 1.165) is 27.9 Å². The number of anilines is 1. The largest absolute Gasteiger partial charge is 0.325 e. The highest BCUT2D eigenvalue weighted by Gasteiger charge is 2.22. The minimum Gasteiger partial charge on any atom is -0.325 e. The molecule has 0 fully saturated rings. The number of fused-ring (bicyclic) bond motifs is 1. The van der Waals surface area contributed by atoms with E-state index in [-0.39, 0.29) is 11.9 Å². The van der Waals surface area contributed by atoms with Gasteiger partial charge < -0.3 is 11.1 Å². The van der Waals surface area contributed by atoms with Gasteiger partial charge in [0.25, 0.3) is 0 Å². The molecule has 1 aliphatic rings. The third-order valence-corrected chi connectivity index (χ3v) is 4.06. The number of benzene rings is 2. The first-order valence-electron chi connectivity index (χ1n) is 6.99. The van der Waals surface area contributed by atoms with Crippen molar-refractivity contribution in [3.63, 3.8) is 0 Å². The van der Waals surface area contributed by atoms with Crippen molar-refractivity contribution in [1.82, 2.24) is 0 Å². The lowest BCUT2D eigenvalue weighted by molar-refractivity contribution is -0.116. The molecule has 3 nitrogen and oxygen atoms in total. The number of nitrogens with two attached hydrogens (primary N) is 1. The van der Waals surface area contributed by atoms with Gasteiger partial charge in [-0.3, -0.25) is 4.79 Å². The molecule has 1 heterocycles. The zero-order valence-electron chi connectivity index (χ0n) is 11.8. The van der Waals surface area contributed by atoms with Gasteiger partial charge in [-0.25, -0.2) is 0 Å². The number of nitrogens with one attached hydrogen (secondary N) is 1. The second-order valence-corrected chi connectivity index (χ2v) is 5.91. The Morgan fingerprint density at radius 2 is 2.05 bits per heavy atom. The molecule has 2 aromatic rings. The summed E-state index contributed by atoms with van der Waals surface area (Å²) < 4.78 is 0. The molecule has 108 valence electrons. The quantitative estimate of drug-likeness (QED) is 0.890. The molecule has 0 aliphatic carbocycles. The third kappa shape index (κ3) is 2.80. The van der Waals surface area contributed by atoms with Gasteiger partial charge in [-0.1, -0.05) is 41.4 Å². The van der Waals surface area contributed by atoms with E-state index in [2.05, 4.69) is 11.4 Å². The summed E-state index contributed by atoms with van der Waals surface area (Å²) in [5, 5.41) is 3.60. The zero-order valence-corrected chi connectivity index (χ0v) is 12.6. The van der Waals surface area contributed by atoms with Crippen LogP contribution in [0.3, 0.4) is 0 Å². The molecular formula is C17H17ClN2O. The van der Waals surface area contributed by atoms with Gasteiger partial charge in [0, 0.05) is 17.1 Å². The molecule has 4 heteroatoms. The van der Waals surface area contributed by atoms with E-state index in [1.807, 2.05) is 37.3 Å². The molecule has 3 N–H and O–H groups in total. The number of halogens is 1. The fourth-order valence-corrected chi connectivity index (χ4v) is 3.02.